The Kier molecular flexibility index (Phi) is 5.52. The molecule has 3 heterocycles. The van der Waals surface area contributed by atoms with E-state index in [1.165, 1.54) is 7.11 Å². The topological polar surface area (TPSA) is 77.3 Å². The highest BCUT2D eigenvalue weighted by Gasteiger charge is 2.43. The van der Waals surface area contributed by atoms with Crippen LogP contribution in [0.1, 0.15) is 36.8 Å². The van der Waals surface area contributed by atoms with Crippen molar-refractivity contribution in [2.24, 2.45) is 5.92 Å². The van der Waals surface area contributed by atoms with E-state index < -0.39 is 18.1 Å². The molecule has 1 aromatic heterocycles. The van der Waals surface area contributed by atoms with E-state index in [9.17, 15) is 22.8 Å². The highest BCUT2D eigenvalue weighted by atomic mass is 19.4. The van der Waals surface area contributed by atoms with Crippen molar-refractivity contribution in [1.29, 1.82) is 0 Å². The number of alkyl halides is 3. The summed E-state index contributed by atoms with van der Waals surface area (Å²) in [5.74, 6) is -1.46. The highest BCUT2D eigenvalue weighted by molar-refractivity contribution is 5.94. The maximum atomic E-state index is 13.1. The van der Waals surface area contributed by atoms with Crippen LogP contribution in [0, 0.1) is 5.92 Å². The fourth-order valence-electron chi connectivity index (χ4n) is 3.62. The Bertz CT molecular complexity index is 744. The summed E-state index contributed by atoms with van der Waals surface area (Å²) in [6.45, 7) is 0.681. The molecule has 0 bridgehead atoms. The predicted molar refractivity (Wildman–Crippen MR) is 87.6 cm³/mol. The van der Waals surface area contributed by atoms with Crippen molar-refractivity contribution in [2.75, 3.05) is 20.2 Å². The first kappa shape index (κ1) is 19.4. The Morgan fingerprint density at radius 3 is 2.67 bits per heavy atom. The lowest BCUT2D eigenvalue weighted by Crippen LogP contribution is -2.40. The zero-order chi connectivity index (χ0) is 19.6. The molecule has 2 aliphatic rings. The van der Waals surface area contributed by atoms with Gasteiger partial charge in [-0.1, -0.05) is 0 Å². The number of rotatable bonds is 3. The van der Waals surface area contributed by atoms with Gasteiger partial charge in [0.15, 0.2) is 0 Å². The molecule has 1 saturated heterocycles. The van der Waals surface area contributed by atoms with Crippen molar-refractivity contribution in [3.05, 3.63) is 23.8 Å². The molecule has 1 aromatic rings. The Hall–Kier alpha value is -2.39. The molecule has 2 aliphatic heterocycles. The maximum absolute atomic E-state index is 13.1. The number of esters is 1. The summed E-state index contributed by atoms with van der Waals surface area (Å²) in [6.07, 6.45) is -0.352. The van der Waals surface area contributed by atoms with E-state index in [1.54, 1.807) is 9.47 Å². The van der Waals surface area contributed by atoms with Crippen LogP contribution in [0.15, 0.2) is 12.2 Å². The molecule has 0 spiro atoms. The van der Waals surface area contributed by atoms with Gasteiger partial charge in [-0.25, -0.2) is 4.79 Å². The fraction of sp³-hybridized carbons (Fsp3) is 0.647. The maximum Gasteiger partial charge on any atom is 0.393 e. The molecule has 148 valence electrons. The first-order valence-corrected chi connectivity index (χ1v) is 8.83. The first-order chi connectivity index (χ1) is 12.8. The van der Waals surface area contributed by atoms with Crippen molar-refractivity contribution in [1.82, 2.24) is 19.7 Å². The highest BCUT2D eigenvalue weighted by Crippen LogP contribution is 2.36. The van der Waals surface area contributed by atoms with Crippen LogP contribution in [0.4, 0.5) is 13.2 Å². The number of ether oxygens (including phenoxy) is 1. The number of hydrogen-bond donors (Lipinski definition) is 0. The van der Waals surface area contributed by atoms with Crippen LogP contribution in [0.25, 0.3) is 0 Å². The summed E-state index contributed by atoms with van der Waals surface area (Å²) in [6, 6.07) is 0. The molecule has 27 heavy (non-hydrogen) atoms. The van der Waals surface area contributed by atoms with Gasteiger partial charge in [0.25, 0.3) is 0 Å². The van der Waals surface area contributed by atoms with E-state index in [0.717, 1.165) is 18.6 Å². The number of fused-ring (bicyclic) bond motifs is 1. The molecule has 0 saturated carbocycles. The van der Waals surface area contributed by atoms with Gasteiger partial charge in [0.1, 0.15) is 11.6 Å². The molecule has 3 rings (SSSR count). The van der Waals surface area contributed by atoms with E-state index in [2.05, 4.69) is 14.9 Å². The zero-order valence-electron chi connectivity index (χ0n) is 14.9. The number of aromatic nitrogens is 3. The van der Waals surface area contributed by atoms with Gasteiger partial charge >= 0.3 is 12.1 Å². The van der Waals surface area contributed by atoms with Gasteiger partial charge in [-0.2, -0.15) is 13.2 Å². The van der Waals surface area contributed by atoms with E-state index >= 15 is 0 Å². The van der Waals surface area contributed by atoms with Crippen molar-refractivity contribution in [3.8, 4) is 0 Å². The third-order valence-corrected chi connectivity index (χ3v) is 5.10. The molecular weight excluding hydrogens is 365 g/mol. The van der Waals surface area contributed by atoms with Gasteiger partial charge in [-0.15, -0.1) is 10.2 Å². The van der Waals surface area contributed by atoms with Crippen LogP contribution in [0.3, 0.4) is 0 Å². The number of methoxy groups -OCH3 is 1. The van der Waals surface area contributed by atoms with Crippen molar-refractivity contribution in [2.45, 2.75) is 44.3 Å². The SMILES string of the molecule is COC(=O)/C=C/C(=O)N1CCCC(c2nnc3n2CC(C(F)(F)F)CC3)C1. The summed E-state index contributed by atoms with van der Waals surface area (Å²) in [4.78, 5) is 24.9. The number of amides is 1. The van der Waals surface area contributed by atoms with Crippen LogP contribution >= 0.6 is 0 Å². The van der Waals surface area contributed by atoms with Gasteiger partial charge in [0.05, 0.1) is 13.0 Å². The minimum atomic E-state index is -4.24. The zero-order valence-corrected chi connectivity index (χ0v) is 14.9. The van der Waals surface area contributed by atoms with Crippen molar-refractivity contribution < 1.29 is 27.5 Å². The second kappa shape index (κ2) is 7.69. The first-order valence-electron chi connectivity index (χ1n) is 8.83. The lowest BCUT2D eigenvalue weighted by Gasteiger charge is -2.33. The summed E-state index contributed by atoms with van der Waals surface area (Å²) >= 11 is 0. The summed E-state index contributed by atoms with van der Waals surface area (Å²) in [5, 5.41) is 8.19. The monoisotopic (exact) mass is 386 g/mol. The molecule has 0 aromatic carbocycles. The average Bonchev–Trinajstić information content (AvgIpc) is 3.08. The number of piperidine rings is 1. The molecule has 1 amide bonds. The normalized spacial score (nSPS) is 23.3. The van der Waals surface area contributed by atoms with Gasteiger partial charge in [-0.05, 0) is 19.3 Å². The summed E-state index contributed by atoms with van der Waals surface area (Å²) in [5.41, 5.74) is 0. The lowest BCUT2D eigenvalue weighted by molar-refractivity contribution is -0.182. The number of likely N-dealkylation sites (tertiary alicyclic amines) is 1. The van der Waals surface area contributed by atoms with E-state index in [4.69, 9.17) is 0 Å². The Morgan fingerprint density at radius 1 is 1.19 bits per heavy atom. The molecule has 1 fully saturated rings. The van der Waals surface area contributed by atoms with Crippen LogP contribution in [0.5, 0.6) is 0 Å². The molecule has 0 N–H and O–H groups in total. The third-order valence-electron chi connectivity index (χ3n) is 5.10. The molecule has 2 unspecified atom stereocenters. The van der Waals surface area contributed by atoms with Crippen LogP contribution in [-0.2, 0) is 27.3 Å². The lowest BCUT2D eigenvalue weighted by atomic mass is 9.94. The molecule has 10 heteroatoms. The second-order valence-corrected chi connectivity index (χ2v) is 6.84. The van der Waals surface area contributed by atoms with E-state index in [1.807, 2.05) is 0 Å². The minimum Gasteiger partial charge on any atom is -0.466 e. The number of carbonyl (C=O) groups excluding carboxylic acids is 2. The van der Waals surface area contributed by atoms with Gasteiger partial charge in [0.2, 0.25) is 5.91 Å². The Balaban J connectivity index is 1.73. The Labute approximate surface area is 154 Å². The number of hydrogen-bond acceptors (Lipinski definition) is 5. The second-order valence-electron chi connectivity index (χ2n) is 6.84. The number of halogens is 3. The quantitative estimate of drug-likeness (QED) is 0.585. The largest absolute Gasteiger partial charge is 0.466 e. The number of carbonyl (C=O) groups is 2. The molecule has 0 radical (unpaired) electrons. The van der Waals surface area contributed by atoms with Crippen molar-refractivity contribution >= 4 is 11.9 Å². The molecular formula is C17H21F3N4O3. The fourth-order valence-corrected chi connectivity index (χ4v) is 3.62. The average molecular weight is 386 g/mol. The number of aryl methyl sites for hydroxylation is 1. The third kappa shape index (κ3) is 4.30. The number of nitrogens with zero attached hydrogens (tertiary/aromatic N) is 4. The smallest absolute Gasteiger partial charge is 0.393 e. The Morgan fingerprint density at radius 2 is 1.96 bits per heavy atom. The molecule has 0 aliphatic carbocycles. The molecule has 2 atom stereocenters. The summed E-state index contributed by atoms with van der Waals surface area (Å²) < 4.78 is 45.4. The van der Waals surface area contributed by atoms with Gasteiger partial charge in [-0.3, -0.25) is 4.79 Å². The van der Waals surface area contributed by atoms with Crippen molar-refractivity contribution in [3.63, 3.8) is 0 Å². The predicted octanol–water partition coefficient (Wildman–Crippen LogP) is 1.84. The van der Waals surface area contributed by atoms with Crippen LogP contribution in [-0.4, -0.2) is 57.9 Å². The molecule has 7 nitrogen and oxygen atoms in total. The van der Waals surface area contributed by atoms with Crippen LogP contribution < -0.4 is 0 Å². The summed E-state index contributed by atoms with van der Waals surface area (Å²) in [7, 11) is 1.22. The van der Waals surface area contributed by atoms with Crippen LogP contribution in [0.2, 0.25) is 0 Å². The van der Waals surface area contributed by atoms with E-state index in [0.29, 0.717) is 31.2 Å². The van der Waals surface area contributed by atoms with E-state index in [-0.39, 0.29) is 31.2 Å². The van der Waals surface area contributed by atoms with Gasteiger partial charge < -0.3 is 14.2 Å². The minimum absolute atomic E-state index is 0.0230. The standard InChI is InChI=1S/C17H21F3N4O3/c1-27-15(26)7-6-14(25)23-8-2-3-11(9-23)16-22-21-13-5-4-12(10-24(13)16)17(18,19)20/h6-7,11-12H,2-5,8-10H2,1H3/b7-6+. The van der Waals surface area contributed by atoms with Gasteiger partial charge in [0, 0.05) is 44.1 Å².